The van der Waals surface area contributed by atoms with Crippen molar-refractivity contribution in [3.8, 4) is 0 Å². The second-order valence-corrected chi connectivity index (χ2v) is 12.5. The van der Waals surface area contributed by atoms with Crippen LogP contribution in [0, 0.1) is 12.8 Å². The number of sulfonamides is 1. The summed E-state index contributed by atoms with van der Waals surface area (Å²) in [6.07, 6.45) is 0.288. The van der Waals surface area contributed by atoms with Gasteiger partial charge in [0.15, 0.2) is 0 Å². The third-order valence-corrected chi connectivity index (χ3v) is 8.38. The van der Waals surface area contributed by atoms with Crippen LogP contribution in [-0.4, -0.2) is 55.6 Å². The predicted molar refractivity (Wildman–Crippen MR) is 155 cm³/mol. The van der Waals surface area contributed by atoms with E-state index in [-0.39, 0.29) is 29.7 Å². The van der Waals surface area contributed by atoms with Gasteiger partial charge in [0.05, 0.1) is 11.4 Å². The number of nitrogens with one attached hydrogen (secondary N) is 1. The lowest BCUT2D eigenvalue weighted by Crippen LogP contribution is -2.53. The third-order valence-electron chi connectivity index (χ3n) is 6.31. The van der Waals surface area contributed by atoms with Gasteiger partial charge in [-0.1, -0.05) is 85.6 Å². The van der Waals surface area contributed by atoms with Crippen molar-refractivity contribution in [2.45, 2.75) is 44.7 Å². The van der Waals surface area contributed by atoms with Gasteiger partial charge in [-0.25, -0.2) is 8.42 Å². The first-order valence-electron chi connectivity index (χ1n) is 12.9. The number of likely N-dealkylation sites (N-methyl/N-ethyl adjacent to an activating group) is 1. The topological polar surface area (TPSA) is 86.8 Å². The average molecular weight is 570 g/mol. The molecule has 3 aromatic rings. The number of benzene rings is 3. The highest BCUT2D eigenvalue weighted by molar-refractivity contribution is 7.89. The van der Waals surface area contributed by atoms with Gasteiger partial charge in [-0.15, -0.1) is 0 Å². The molecule has 0 saturated heterocycles. The number of amides is 2. The lowest BCUT2D eigenvalue weighted by atomic mass is 10.0. The Morgan fingerprint density at radius 3 is 2.10 bits per heavy atom. The van der Waals surface area contributed by atoms with Crippen molar-refractivity contribution in [1.29, 1.82) is 0 Å². The van der Waals surface area contributed by atoms with Crippen molar-refractivity contribution < 1.29 is 18.0 Å². The molecule has 0 unspecified atom stereocenters. The molecule has 2 amide bonds. The molecule has 0 saturated carbocycles. The first kappa shape index (κ1) is 30.3. The number of hydrogen-bond acceptors (Lipinski definition) is 4. The van der Waals surface area contributed by atoms with Crippen molar-refractivity contribution >= 4 is 33.4 Å². The normalized spacial score (nSPS) is 12.4. The Morgan fingerprint density at radius 1 is 0.897 bits per heavy atom. The molecular formula is C30H36ClN3O4S. The van der Waals surface area contributed by atoms with Gasteiger partial charge < -0.3 is 10.2 Å². The molecule has 0 aromatic heterocycles. The number of rotatable bonds is 12. The number of hydrogen-bond donors (Lipinski definition) is 1. The van der Waals surface area contributed by atoms with Crippen LogP contribution in [0.3, 0.4) is 0 Å². The monoisotopic (exact) mass is 569 g/mol. The first-order valence-corrected chi connectivity index (χ1v) is 14.7. The Kier molecular flexibility index (Phi) is 10.7. The minimum absolute atomic E-state index is 0.0304. The highest BCUT2D eigenvalue weighted by Gasteiger charge is 2.33. The quantitative estimate of drug-likeness (QED) is 0.343. The summed E-state index contributed by atoms with van der Waals surface area (Å²) in [5.41, 5.74) is 2.80. The molecule has 0 spiro atoms. The van der Waals surface area contributed by atoms with Crippen LogP contribution in [0.1, 0.15) is 30.5 Å². The standard InChI is InChI=1S/C30H36ClN3O4S/c1-22(2)19-32-30(36)28(18-24-8-6-5-7-9-24)34(20-25-12-10-23(3)11-13-25)29(35)21-33(4)39(37,38)27-16-14-26(31)15-17-27/h5-17,22,28H,18-21H2,1-4H3,(H,32,36)/t28-/m0/s1. The molecule has 0 aliphatic rings. The van der Waals surface area contributed by atoms with Gasteiger partial charge >= 0.3 is 0 Å². The van der Waals surface area contributed by atoms with Crippen molar-refractivity contribution in [3.05, 3.63) is 101 Å². The van der Waals surface area contributed by atoms with Gasteiger partial charge in [-0.2, -0.15) is 4.31 Å². The highest BCUT2D eigenvalue weighted by atomic mass is 35.5. The summed E-state index contributed by atoms with van der Waals surface area (Å²) in [6.45, 7) is 6.15. The second kappa shape index (κ2) is 13.7. The molecule has 0 fully saturated rings. The van der Waals surface area contributed by atoms with Gasteiger partial charge in [0.25, 0.3) is 0 Å². The van der Waals surface area contributed by atoms with E-state index < -0.39 is 28.5 Å². The molecule has 0 aliphatic carbocycles. The van der Waals surface area contributed by atoms with Crippen LogP contribution in [0.2, 0.25) is 5.02 Å². The maximum atomic E-state index is 13.9. The molecule has 0 heterocycles. The Bertz CT molecular complexity index is 1350. The van der Waals surface area contributed by atoms with E-state index in [0.29, 0.717) is 11.6 Å². The van der Waals surface area contributed by atoms with Gasteiger partial charge in [0, 0.05) is 31.6 Å². The van der Waals surface area contributed by atoms with Crippen molar-refractivity contribution in [1.82, 2.24) is 14.5 Å². The van der Waals surface area contributed by atoms with Crippen molar-refractivity contribution in [3.63, 3.8) is 0 Å². The van der Waals surface area contributed by atoms with Gasteiger partial charge in [-0.05, 0) is 48.2 Å². The summed E-state index contributed by atoms with van der Waals surface area (Å²) in [7, 11) is -2.60. The molecule has 0 radical (unpaired) electrons. The molecule has 0 aliphatic heterocycles. The SMILES string of the molecule is Cc1ccc(CN(C(=O)CN(C)S(=O)(=O)c2ccc(Cl)cc2)[C@@H](Cc2ccccc2)C(=O)NCC(C)C)cc1. The van der Waals surface area contributed by atoms with E-state index in [4.69, 9.17) is 11.6 Å². The van der Waals surface area contributed by atoms with Crippen LogP contribution in [-0.2, 0) is 32.6 Å². The van der Waals surface area contributed by atoms with Gasteiger partial charge in [0.2, 0.25) is 21.8 Å². The smallest absolute Gasteiger partial charge is 0.243 e. The Hall–Kier alpha value is -3.20. The summed E-state index contributed by atoms with van der Waals surface area (Å²) in [6, 6.07) is 22.1. The van der Waals surface area contributed by atoms with E-state index in [2.05, 4.69) is 5.32 Å². The summed E-state index contributed by atoms with van der Waals surface area (Å²) in [5, 5.41) is 3.38. The van der Waals surface area contributed by atoms with E-state index in [1.54, 1.807) is 0 Å². The van der Waals surface area contributed by atoms with Crippen molar-refractivity contribution in [2.75, 3.05) is 20.1 Å². The van der Waals surface area contributed by atoms with Crippen LogP contribution < -0.4 is 5.32 Å². The number of halogens is 1. The second-order valence-electron chi connectivity index (χ2n) is 10.1. The molecule has 3 aromatic carbocycles. The van der Waals surface area contributed by atoms with E-state index in [1.807, 2.05) is 75.4 Å². The Morgan fingerprint density at radius 2 is 1.51 bits per heavy atom. The summed E-state index contributed by atoms with van der Waals surface area (Å²) >= 11 is 5.92. The largest absolute Gasteiger partial charge is 0.354 e. The maximum Gasteiger partial charge on any atom is 0.243 e. The van der Waals surface area contributed by atoms with Gasteiger partial charge in [-0.3, -0.25) is 9.59 Å². The van der Waals surface area contributed by atoms with E-state index in [0.717, 1.165) is 21.0 Å². The van der Waals surface area contributed by atoms with Crippen LogP contribution in [0.25, 0.3) is 0 Å². The number of carbonyl (C=O) groups excluding carboxylic acids is 2. The molecule has 3 rings (SSSR count). The molecule has 208 valence electrons. The van der Waals surface area contributed by atoms with Crippen LogP contribution >= 0.6 is 11.6 Å². The molecule has 39 heavy (non-hydrogen) atoms. The highest BCUT2D eigenvalue weighted by Crippen LogP contribution is 2.20. The molecule has 9 heteroatoms. The Balaban J connectivity index is 1.96. The fourth-order valence-corrected chi connectivity index (χ4v) is 5.27. The first-order chi connectivity index (χ1) is 18.5. The zero-order valence-corrected chi connectivity index (χ0v) is 24.4. The molecule has 7 nitrogen and oxygen atoms in total. The van der Waals surface area contributed by atoms with Crippen LogP contribution in [0.15, 0.2) is 83.8 Å². The summed E-state index contributed by atoms with van der Waals surface area (Å²) in [5.74, 6) is -0.532. The van der Waals surface area contributed by atoms with Crippen LogP contribution in [0.4, 0.5) is 0 Å². The summed E-state index contributed by atoms with van der Waals surface area (Å²) in [4.78, 5) is 28.9. The fraction of sp³-hybridized carbons (Fsp3) is 0.333. The number of aryl methyl sites for hydroxylation is 1. The Labute approximate surface area is 236 Å². The minimum atomic E-state index is -3.96. The van der Waals surface area contributed by atoms with E-state index in [9.17, 15) is 18.0 Å². The van der Waals surface area contributed by atoms with Crippen molar-refractivity contribution in [2.24, 2.45) is 5.92 Å². The number of nitrogens with zero attached hydrogens (tertiary/aromatic N) is 2. The molecule has 0 bridgehead atoms. The van der Waals surface area contributed by atoms with E-state index >= 15 is 0 Å². The fourth-order valence-electron chi connectivity index (χ4n) is 4.02. The molecular weight excluding hydrogens is 534 g/mol. The average Bonchev–Trinajstić information content (AvgIpc) is 2.91. The molecule has 1 atom stereocenters. The van der Waals surface area contributed by atoms with E-state index in [1.165, 1.54) is 36.2 Å². The third kappa shape index (κ3) is 8.65. The minimum Gasteiger partial charge on any atom is -0.354 e. The lowest BCUT2D eigenvalue weighted by Gasteiger charge is -2.33. The maximum absolute atomic E-state index is 13.9. The summed E-state index contributed by atoms with van der Waals surface area (Å²) < 4.78 is 27.4. The van der Waals surface area contributed by atoms with Crippen LogP contribution in [0.5, 0.6) is 0 Å². The predicted octanol–water partition coefficient (Wildman–Crippen LogP) is 4.68. The zero-order chi connectivity index (χ0) is 28.6. The van der Waals surface area contributed by atoms with Gasteiger partial charge in [0.1, 0.15) is 6.04 Å². The number of carbonyl (C=O) groups is 2. The lowest BCUT2D eigenvalue weighted by molar-refractivity contribution is -0.141. The zero-order valence-electron chi connectivity index (χ0n) is 22.8. The molecule has 1 N–H and O–H groups in total.